The molecule has 3 aliphatic rings. The van der Waals surface area contributed by atoms with Crippen molar-refractivity contribution in [1.29, 1.82) is 0 Å². The summed E-state index contributed by atoms with van der Waals surface area (Å²) >= 11 is 0. The normalized spacial score (nSPS) is 33.6. The van der Waals surface area contributed by atoms with E-state index >= 15 is 4.39 Å². The summed E-state index contributed by atoms with van der Waals surface area (Å²) < 4.78 is 21.0. The quantitative estimate of drug-likeness (QED) is 0.442. The Kier molecular flexibility index (Phi) is 8.42. The Hall–Kier alpha value is -1.66. The molecule has 196 valence electrons. The zero-order valence-electron chi connectivity index (χ0n) is 21.7. The fraction of sp³-hybridized carbons (Fsp3) is 0.759. The largest absolute Gasteiger partial charge is 0.508 e. The van der Waals surface area contributed by atoms with Gasteiger partial charge in [0.15, 0.2) is 0 Å². The van der Waals surface area contributed by atoms with Crippen LogP contribution in [0.25, 0.3) is 0 Å². The number of aliphatic hydroxyl groups excluding tert-OH is 1. The number of phenols is 1. The van der Waals surface area contributed by atoms with Crippen LogP contribution < -0.4 is 0 Å². The SMILES string of the molecule is CCC(=O)N(CCCCC[C@@H]1Cc2cc(O)ccc2[C@@H]2[C@@H]1[C@@H]1CC[C@H](O)[C@@]1(C)C[C@@H]2F)CCOC. The van der Waals surface area contributed by atoms with Gasteiger partial charge in [-0.25, -0.2) is 4.39 Å². The number of aliphatic hydroxyl groups is 1. The molecule has 1 aromatic rings. The number of carbonyl (C=O) groups excluding carboxylic acids is 1. The number of aromatic hydroxyl groups is 1. The Bertz CT molecular complexity index is 878. The summed E-state index contributed by atoms with van der Waals surface area (Å²) in [6.07, 6.45) is 6.23. The summed E-state index contributed by atoms with van der Waals surface area (Å²) in [5, 5.41) is 20.9. The molecule has 0 aliphatic heterocycles. The molecule has 0 spiro atoms. The number of amides is 1. The summed E-state index contributed by atoms with van der Waals surface area (Å²) in [4.78, 5) is 14.1. The van der Waals surface area contributed by atoms with Gasteiger partial charge in [-0.05, 0) is 85.0 Å². The van der Waals surface area contributed by atoms with E-state index in [-0.39, 0.29) is 28.9 Å². The molecule has 1 amide bonds. The second-order valence-electron chi connectivity index (χ2n) is 11.5. The third kappa shape index (κ3) is 5.24. The van der Waals surface area contributed by atoms with Gasteiger partial charge < -0.3 is 19.8 Å². The number of halogens is 1. The van der Waals surface area contributed by atoms with Crippen molar-refractivity contribution in [2.24, 2.45) is 23.2 Å². The molecule has 6 heteroatoms. The molecule has 0 unspecified atom stereocenters. The first kappa shape index (κ1) is 26.4. The molecule has 7 atom stereocenters. The van der Waals surface area contributed by atoms with Gasteiger partial charge in [0.05, 0.1) is 12.7 Å². The number of fused-ring (bicyclic) bond motifs is 5. The second-order valence-corrected chi connectivity index (χ2v) is 11.5. The van der Waals surface area contributed by atoms with Gasteiger partial charge in [-0.1, -0.05) is 32.8 Å². The Morgan fingerprint density at radius 1 is 1.23 bits per heavy atom. The van der Waals surface area contributed by atoms with Crippen LogP contribution in [0.2, 0.25) is 0 Å². The maximum Gasteiger partial charge on any atom is 0.222 e. The van der Waals surface area contributed by atoms with E-state index in [1.807, 2.05) is 24.0 Å². The van der Waals surface area contributed by atoms with Gasteiger partial charge >= 0.3 is 0 Å². The number of alkyl halides is 1. The van der Waals surface area contributed by atoms with Crippen molar-refractivity contribution in [2.45, 2.75) is 89.8 Å². The highest BCUT2D eigenvalue weighted by Crippen LogP contribution is 2.63. The molecule has 3 aliphatic carbocycles. The van der Waals surface area contributed by atoms with Crippen LogP contribution in [0.5, 0.6) is 5.75 Å². The van der Waals surface area contributed by atoms with Crippen LogP contribution in [0.1, 0.15) is 82.3 Å². The fourth-order valence-electron chi connectivity index (χ4n) is 7.71. The van der Waals surface area contributed by atoms with Crippen molar-refractivity contribution in [3.8, 4) is 5.75 Å². The molecule has 2 saturated carbocycles. The van der Waals surface area contributed by atoms with Crippen LogP contribution in [0, 0.1) is 23.2 Å². The molecule has 0 heterocycles. The highest BCUT2D eigenvalue weighted by Gasteiger charge is 2.59. The Balaban J connectivity index is 1.45. The van der Waals surface area contributed by atoms with E-state index in [0.717, 1.165) is 62.6 Å². The van der Waals surface area contributed by atoms with E-state index < -0.39 is 12.3 Å². The minimum atomic E-state index is -0.963. The average Bonchev–Trinajstić information content (AvgIpc) is 3.13. The molecule has 2 fully saturated rings. The van der Waals surface area contributed by atoms with Crippen molar-refractivity contribution >= 4 is 5.91 Å². The van der Waals surface area contributed by atoms with E-state index in [4.69, 9.17) is 4.74 Å². The Morgan fingerprint density at radius 3 is 2.77 bits per heavy atom. The van der Waals surface area contributed by atoms with E-state index in [0.29, 0.717) is 37.8 Å². The van der Waals surface area contributed by atoms with Gasteiger partial charge in [-0.2, -0.15) is 0 Å². The molecule has 5 nitrogen and oxygen atoms in total. The lowest BCUT2D eigenvalue weighted by molar-refractivity contribution is -0.131. The Morgan fingerprint density at radius 2 is 2.03 bits per heavy atom. The number of hydrogen-bond donors (Lipinski definition) is 2. The molecule has 0 radical (unpaired) electrons. The molecule has 0 saturated heterocycles. The topological polar surface area (TPSA) is 70.0 Å². The summed E-state index contributed by atoms with van der Waals surface area (Å²) in [6.45, 7) is 5.95. The van der Waals surface area contributed by atoms with E-state index in [1.165, 1.54) is 0 Å². The van der Waals surface area contributed by atoms with E-state index in [1.54, 1.807) is 13.2 Å². The van der Waals surface area contributed by atoms with Crippen LogP contribution in [-0.4, -0.2) is 60.1 Å². The summed E-state index contributed by atoms with van der Waals surface area (Å²) in [6, 6.07) is 5.48. The highest BCUT2D eigenvalue weighted by molar-refractivity contribution is 5.75. The number of hydrogen-bond acceptors (Lipinski definition) is 4. The van der Waals surface area contributed by atoms with Gasteiger partial charge in [-0.3, -0.25) is 4.79 Å². The first-order valence-corrected chi connectivity index (χ1v) is 13.7. The van der Waals surface area contributed by atoms with Gasteiger partial charge in [0.2, 0.25) is 5.91 Å². The fourth-order valence-corrected chi connectivity index (χ4v) is 7.71. The summed E-state index contributed by atoms with van der Waals surface area (Å²) in [5.41, 5.74) is 1.84. The third-order valence-corrected chi connectivity index (χ3v) is 9.50. The van der Waals surface area contributed by atoms with Crippen molar-refractivity contribution < 1.29 is 24.1 Å². The van der Waals surface area contributed by atoms with Crippen LogP contribution in [0.3, 0.4) is 0 Å². The van der Waals surface area contributed by atoms with Crippen molar-refractivity contribution in [3.63, 3.8) is 0 Å². The average molecular weight is 490 g/mol. The predicted octanol–water partition coefficient (Wildman–Crippen LogP) is 5.23. The van der Waals surface area contributed by atoms with Gasteiger partial charge in [-0.15, -0.1) is 0 Å². The molecule has 0 aromatic heterocycles. The Labute approximate surface area is 210 Å². The number of carbonyl (C=O) groups is 1. The van der Waals surface area contributed by atoms with Gasteiger partial charge in [0, 0.05) is 32.5 Å². The number of benzene rings is 1. The highest BCUT2D eigenvalue weighted by atomic mass is 19.1. The lowest BCUT2D eigenvalue weighted by Gasteiger charge is -2.54. The maximum atomic E-state index is 15.9. The van der Waals surface area contributed by atoms with Crippen molar-refractivity contribution in [3.05, 3.63) is 29.3 Å². The standard InChI is InChI=1S/C29H44FNO4/c1-4-26(34)31(14-15-35-3)13-7-5-6-8-19-16-20-17-21(32)9-10-22(20)28-24(30)18-29(2)23(27(19)28)11-12-25(29)33/h9-10,17,19,23-25,27-28,32-33H,4-8,11-16,18H2,1-3H3/t19-,23+,24+,25+,27+,28+,29+/m1/s1. The molecular weight excluding hydrogens is 445 g/mol. The van der Waals surface area contributed by atoms with Crippen molar-refractivity contribution in [2.75, 3.05) is 26.8 Å². The van der Waals surface area contributed by atoms with Crippen LogP contribution >= 0.6 is 0 Å². The van der Waals surface area contributed by atoms with Crippen LogP contribution in [0.15, 0.2) is 18.2 Å². The number of nitrogens with zero attached hydrogens (tertiary/aromatic N) is 1. The molecule has 4 rings (SSSR count). The molecule has 0 bridgehead atoms. The smallest absolute Gasteiger partial charge is 0.222 e. The van der Waals surface area contributed by atoms with Gasteiger partial charge in [0.25, 0.3) is 0 Å². The molecule has 1 aromatic carbocycles. The lowest BCUT2D eigenvalue weighted by atomic mass is 9.51. The number of methoxy groups -OCH3 is 1. The minimum Gasteiger partial charge on any atom is -0.508 e. The maximum absolute atomic E-state index is 15.9. The molecule has 2 N–H and O–H groups in total. The lowest BCUT2D eigenvalue weighted by Crippen LogP contribution is -2.51. The third-order valence-electron chi connectivity index (χ3n) is 9.50. The van der Waals surface area contributed by atoms with Crippen molar-refractivity contribution in [1.82, 2.24) is 4.90 Å². The van der Waals surface area contributed by atoms with E-state index in [2.05, 4.69) is 6.92 Å². The first-order chi connectivity index (χ1) is 16.8. The molecule has 35 heavy (non-hydrogen) atoms. The second kappa shape index (κ2) is 11.2. The molecular formula is C29H44FNO4. The van der Waals surface area contributed by atoms with E-state index in [9.17, 15) is 15.0 Å². The van der Waals surface area contributed by atoms with Gasteiger partial charge in [0.1, 0.15) is 11.9 Å². The summed E-state index contributed by atoms with van der Waals surface area (Å²) in [7, 11) is 1.66. The zero-order valence-corrected chi connectivity index (χ0v) is 21.7. The monoisotopic (exact) mass is 489 g/mol. The summed E-state index contributed by atoms with van der Waals surface area (Å²) in [5.74, 6) is 1.21. The number of ether oxygens (including phenoxy) is 1. The zero-order chi connectivity index (χ0) is 25.2. The number of rotatable bonds is 10. The number of unbranched alkanes of at least 4 members (excludes halogenated alkanes) is 2. The van der Waals surface area contributed by atoms with Crippen LogP contribution in [-0.2, 0) is 16.0 Å². The minimum absolute atomic E-state index is 0.139. The van der Waals surface area contributed by atoms with Crippen LogP contribution in [0.4, 0.5) is 4.39 Å². The predicted molar refractivity (Wildman–Crippen MR) is 135 cm³/mol. The number of phenolic OH excluding ortho intramolecular Hbond substituents is 1. The first-order valence-electron chi connectivity index (χ1n) is 13.7.